The highest BCUT2D eigenvalue weighted by molar-refractivity contribution is 4.83. The van der Waals surface area contributed by atoms with E-state index in [0.29, 0.717) is 0 Å². The summed E-state index contributed by atoms with van der Waals surface area (Å²) in [6.07, 6.45) is 0. The van der Waals surface area contributed by atoms with E-state index in [1.807, 2.05) is 0 Å². The highest BCUT2D eigenvalue weighted by Gasteiger charge is 2.42. The summed E-state index contributed by atoms with van der Waals surface area (Å²) < 4.78 is 0. The van der Waals surface area contributed by atoms with Crippen LogP contribution in [0, 0.1) is 0 Å². The highest BCUT2D eigenvalue weighted by Crippen LogP contribution is 2.31. The van der Waals surface area contributed by atoms with Crippen LogP contribution in [0.2, 0.25) is 0 Å². The lowest BCUT2D eigenvalue weighted by Gasteiger charge is -2.58. The maximum Gasteiger partial charge on any atom is 0.0299 e. The van der Waals surface area contributed by atoms with Gasteiger partial charge in [-0.15, -0.1) is 10.5 Å². The first-order valence-electron chi connectivity index (χ1n) is 17.7. The Bertz CT molecular complexity index is 600. The summed E-state index contributed by atoms with van der Waals surface area (Å²) in [4.78, 5) is 0. The van der Waals surface area contributed by atoms with Crippen molar-refractivity contribution in [3.8, 4) is 0 Å². The molecule has 0 aliphatic carbocycles. The molecule has 0 amide bonds. The Morgan fingerprint density at radius 3 is 0.364 bits per heavy atom. The highest BCUT2D eigenvalue weighted by atomic mass is 16.1. The molecule has 8 heteroatoms. The lowest BCUT2D eigenvalue weighted by molar-refractivity contribution is -0.367. The van der Waals surface area contributed by atoms with E-state index in [0.717, 1.165) is 39.3 Å². The molecule has 0 aromatic rings. The minimum atomic E-state index is 0.0616. The van der Waals surface area contributed by atoms with Crippen LogP contribution in [0.5, 0.6) is 0 Å². The SMILES string of the molecule is CCN(N(N(CC)C(C)(C)C)N(CC)C(C)(C)C)C(C)(C)C.CCN(N(N(CC)C(C)(C)C)N(CC)C(C)(C)C)C(C)(C)C. The van der Waals surface area contributed by atoms with Crippen LogP contribution in [-0.2, 0) is 0 Å². The fourth-order valence-electron chi connectivity index (χ4n) is 6.00. The number of nitrogens with zero attached hydrogens (tertiary/aromatic N) is 8. The van der Waals surface area contributed by atoms with Gasteiger partial charge in [0.1, 0.15) is 0 Å². The first kappa shape index (κ1) is 45.8. The predicted octanol–water partition coefficient (Wildman–Crippen LogP) is 8.79. The topological polar surface area (TPSA) is 25.9 Å². The van der Waals surface area contributed by atoms with Gasteiger partial charge in [0.2, 0.25) is 0 Å². The van der Waals surface area contributed by atoms with Crippen LogP contribution in [0.15, 0.2) is 0 Å². The molecular formula is C36H84N8. The number of hydrazine groups is 6. The van der Waals surface area contributed by atoms with Gasteiger partial charge in [0, 0.05) is 72.5 Å². The fraction of sp³-hybridized carbons (Fsp3) is 1.00. The van der Waals surface area contributed by atoms with Gasteiger partial charge in [-0.1, -0.05) is 41.5 Å². The van der Waals surface area contributed by atoms with Crippen LogP contribution in [0.25, 0.3) is 0 Å². The largest absolute Gasteiger partial charge is 0.208 e. The maximum absolute atomic E-state index is 2.47. The second kappa shape index (κ2) is 17.2. The Morgan fingerprint density at radius 2 is 0.318 bits per heavy atom. The van der Waals surface area contributed by atoms with Gasteiger partial charge in [-0.25, -0.2) is 30.1 Å². The summed E-state index contributed by atoms with van der Waals surface area (Å²) in [5, 5.41) is 19.6. The van der Waals surface area contributed by atoms with Crippen LogP contribution in [0.3, 0.4) is 0 Å². The van der Waals surface area contributed by atoms with Crippen molar-refractivity contribution in [2.45, 2.75) is 199 Å². The third-order valence-corrected chi connectivity index (χ3v) is 7.74. The van der Waals surface area contributed by atoms with Crippen LogP contribution in [0.1, 0.15) is 166 Å². The third-order valence-electron chi connectivity index (χ3n) is 7.74. The second-order valence-electron chi connectivity index (χ2n) is 17.9. The molecule has 0 aliphatic heterocycles. The number of hydrogen-bond acceptors (Lipinski definition) is 8. The van der Waals surface area contributed by atoms with E-state index in [9.17, 15) is 0 Å². The molecule has 268 valence electrons. The van der Waals surface area contributed by atoms with Crippen molar-refractivity contribution in [1.82, 2.24) is 40.5 Å². The van der Waals surface area contributed by atoms with Crippen molar-refractivity contribution in [3.05, 3.63) is 0 Å². The Kier molecular flexibility index (Phi) is 17.9. The Balaban J connectivity index is 0. The normalized spacial score (nSPS) is 14.7. The molecule has 8 nitrogen and oxygen atoms in total. The summed E-state index contributed by atoms with van der Waals surface area (Å²) in [5.41, 5.74) is 0.370. The number of rotatable bonds is 12. The van der Waals surface area contributed by atoms with Gasteiger partial charge in [0.25, 0.3) is 0 Å². The zero-order valence-corrected chi connectivity index (χ0v) is 34.8. The molecule has 0 bridgehead atoms. The molecule has 0 saturated carbocycles. The Labute approximate surface area is 278 Å². The third kappa shape index (κ3) is 13.4. The molecule has 0 heterocycles. The van der Waals surface area contributed by atoms with Gasteiger partial charge in [-0.05, 0) is 125 Å². The smallest absolute Gasteiger partial charge is 0.0299 e. The van der Waals surface area contributed by atoms with E-state index in [4.69, 9.17) is 0 Å². The van der Waals surface area contributed by atoms with Crippen molar-refractivity contribution in [2.24, 2.45) is 0 Å². The number of hydrogen-bond donors (Lipinski definition) is 0. The van der Waals surface area contributed by atoms with Crippen LogP contribution >= 0.6 is 0 Å². The minimum absolute atomic E-state index is 0.0616. The van der Waals surface area contributed by atoms with Crippen LogP contribution in [-0.4, -0.2) is 113 Å². The van der Waals surface area contributed by atoms with Crippen LogP contribution < -0.4 is 0 Å². The predicted molar refractivity (Wildman–Crippen MR) is 196 cm³/mol. The van der Waals surface area contributed by atoms with Gasteiger partial charge in [0.05, 0.1) is 0 Å². The van der Waals surface area contributed by atoms with E-state index in [1.54, 1.807) is 0 Å². The second-order valence-corrected chi connectivity index (χ2v) is 17.9. The van der Waals surface area contributed by atoms with Crippen molar-refractivity contribution >= 4 is 0 Å². The Hall–Kier alpha value is -0.320. The van der Waals surface area contributed by atoms with Gasteiger partial charge < -0.3 is 0 Å². The zero-order valence-electron chi connectivity index (χ0n) is 34.8. The molecule has 0 aliphatic rings. The van der Waals surface area contributed by atoms with E-state index < -0.39 is 0 Å². The van der Waals surface area contributed by atoms with E-state index in [-0.39, 0.29) is 33.2 Å². The molecule has 0 spiro atoms. The molecule has 0 radical (unpaired) electrons. The summed E-state index contributed by atoms with van der Waals surface area (Å²) in [7, 11) is 0. The first-order valence-corrected chi connectivity index (χ1v) is 17.7. The lowest BCUT2D eigenvalue weighted by Crippen LogP contribution is -2.71. The molecule has 0 saturated heterocycles. The quantitative estimate of drug-likeness (QED) is 0.198. The van der Waals surface area contributed by atoms with Crippen molar-refractivity contribution in [1.29, 1.82) is 0 Å². The fourth-order valence-corrected chi connectivity index (χ4v) is 6.00. The molecule has 0 rings (SSSR count). The Morgan fingerprint density at radius 1 is 0.227 bits per heavy atom. The van der Waals surface area contributed by atoms with Crippen molar-refractivity contribution < 1.29 is 0 Å². The van der Waals surface area contributed by atoms with E-state index in [2.05, 4.69) is 207 Å². The minimum Gasteiger partial charge on any atom is -0.208 e. The molecule has 0 fully saturated rings. The lowest BCUT2D eigenvalue weighted by atomic mass is 10.1. The van der Waals surface area contributed by atoms with E-state index >= 15 is 0 Å². The van der Waals surface area contributed by atoms with Gasteiger partial charge in [-0.3, -0.25) is 0 Å². The van der Waals surface area contributed by atoms with Crippen molar-refractivity contribution in [2.75, 3.05) is 39.3 Å². The van der Waals surface area contributed by atoms with Crippen molar-refractivity contribution in [3.63, 3.8) is 0 Å². The average molecular weight is 629 g/mol. The molecule has 0 aromatic carbocycles. The summed E-state index contributed by atoms with van der Waals surface area (Å²) >= 11 is 0. The summed E-state index contributed by atoms with van der Waals surface area (Å²) in [6, 6.07) is 0. The standard InChI is InChI=1S/2C18H42N4/c2*1-13-19(16(4,5)6)22(20(14-2)17(7,8)9)21(15-3)18(10,11)12/h2*13-15H2,1-12H3. The van der Waals surface area contributed by atoms with Crippen LogP contribution in [0.4, 0.5) is 0 Å². The summed E-state index contributed by atoms with van der Waals surface area (Å²) in [6.45, 7) is 60.5. The molecule has 0 atom stereocenters. The summed E-state index contributed by atoms with van der Waals surface area (Å²) in [5.74, 6) is 0. The van der Waals surface area contributed by atoms with E-state index in [1.165, 1.54) is 0 Å². The molecule has 0 N–H and O–H groups in total. The molecule has 0 aromatic heterocycles. The first-order chi connectivity index (χ1) is 19.4. The molecule has 44 heavy (non-hydrogen) atoms. The maximum atomic E-state index is 2.47. The molecule has 0 unspecified atom stereocenters. The zero-order chi connectivity index (χ0) is 35.9. The van der Waals surface area contributed by atoms with Gasteiger partial charge in [-0.2, -0.15) is 0 Å². The average Bonchev–Trinajstić information content (AvgIpc) is 2.76. The molecular weight excluding hydrogens is 544 g/mol. The van der Waals surface area contributed by atoms with Gasteiger partial charge >= 0.3 is 0 Å². The van der Waals surface area contributed by atoms with Gasteiger partial charge in [0.15, 0.2) is 0 Å². The monoisotopic (exact) mass is 629 g/mol.